The highest BCUT2D eigenvalue weighted by Gasteiger charge is 2.46. The number of carbonyl (C=O) groups is 1. The Kier molecular flexibility index (Phi) is 8.79. The summed E-state index contributed by atoms with van der Waals surface area (Å²) in [6, 6.07) is 14.0. The highest BCUT2D eigenvalue weighted by atomic mass is 35.5. The molecule has 224 valence electrons. The first kappa shape index (κ1) is 29.9. The highest BCUT2D eigenvalue weighted by Crippen LogP contribution is 2.43. The van der Waals surface area contributed by atoms with E-state index in [1.807, 2.05) is 11.8 Å². The zero-order valence-electron chi connectivity index (χ0n) is 23.2. The van der Waals surface area contributed by atoms with E-state index in [4.69, 9.17) is 26.8 Å². The van der Waals surface area contributed by atoms with Crippen LogP contribution in [0.3, 0.4) is 0 Å². The van der Waals surface area contributed by atoms with Gasteiger partial charge in [-0.3, -0.25) is 4.79 Å². The molecule has 0 saturated carbocycles. The lowest BCUT2D eigenvalue weighted by Gasteiger charge is -2.39. The fourth-order valence-electron chi connectivity index (χ4n) is 5.68. The first-order valence-electron chi connectivity index (χ1n) is 13.9. The van der Waals surface area contributed by atoms with Crippen LogP contribution in [0, 0.1) is 5.41 Å². The summed E-state index contributed by atoms with van der Waals surface area (Å²) in [6.45, 7) is 4.23. The van der Waals surface area contributed by atoms with Crippen molar-refractivity contribution >= 4 is 29.3 Å². The Labute approximate surface area is 247 Å². The number of hydrogen-bond donors (Lipinski definition) is 2. The molecule has 2 aromatic carbocycles. The summed E-state index contributed by atoms with van der Waals surface area (Å²) >= 11 is 6.17. The third-order valence-corrected chi connectivity index (χ3v) is 8.10. The van der Waals surface area contributed by atoms with E-state index in [-0.39, 0.29) is 34.8 Å². The first-order chi connectivity index (χ1) is 20.1. The Balaban J connectivity index is 1.34. The lowest BCUT2D eigenvalue weighted by atomic mass is 9.76. The third-order valence-electron chi connectivity index (χ3n) is 7.87. The molecule has 1 unspecified atom stereocenters. The number of carbonyl (C=O) groups excluding carboxylic acids is 1. The molecule has 0 amide bonds. The molecule has 0 aliphatic carbocycles. The molecule has 2 fully saturated rings. The fraction of sp³-hybridized carbons (Fsp3) is 0.433. The smallest absolute Gasteiger partial charge is 0.429 e. The van der Waals surface area contributed by atoms with Gasteiger partial charge in [0.15, 0.2) is 0 Å². The molecular weight excluding hydrogens is 571 g/mol. The fourth-order valence-corrected chi connectivity index (χ4v) is 5.85. The lowest BCUT2D eigenvalue weighted by Crippen LogP contribution is -2.41. The van der Waals surface area contributed by atoms with Crippen LogP contribution in [0.4, 0.5) is 24.9 Å². The van der Waals surface area contributed by atoms with Crippen molar-refractivity contribution in [1.29, 1.82) is 0 Å². The van der Waals surface area contributed by atoms with Crippen LogP contribution >= 0.6 is 11.6 Å². The van der Waals surface area contributed by atoms with Gasteiger partial charge in [-0.1, -0.05) is 54.9 Å². The Morgan fingerprint density at radius 3 is 2.60 bits per heavy atom. The molecule has 0 radical (unpaired) electrons. The van der Waals surface area contributed by atoms with Gasteiger partial charge in [-0.2, -0.15) is 23.1 Å². The number of esters is 1. The van der Waals surface area contributed by atoms with Gasteiger partial charge in [-0.25, -0.2) is 0 Å². The van der Waals surface area contributed by atoms with Crippen molar-refractivity contribution in [3.8, 4) is 17.0 Å². The predicted molar refractivity (Wildman–Crippen MR) is 154 cm³/mol. The van der Waals surface area contributed by atoms with Gasteiger partial charge in [-0.15, -0.1) is 0 Å². The maximum absolute atomic E-state index is 14.5. The zero-order chi connectivity index (χ0) is 29.9. The molecular formula is C30H33ClF3N5O3. The van der Waals surface area contributed by atoms with Crippen molar-refractivity contribution in [2.24, 2.45) is 5.41 Å². The molecule has 5 rings (SSSR count). The van der Waals surface area contributed by atoms with E-state index in [1.54, 1.807) is 30.3 Å². The van der Waals surface area contributed by atoms with Crippen LogP contribution in [0.25, 0.3) is 11.1 Å². The number of halogens is 4. The largest absolute Gasteiger partial charge is 0.465 e. The number of anilines is 2. The van der Waals surface area contributed by atoms with Crippen molar-refractivity contribution in [2.75, 3.05) is 36.9 Å². The molecule has 1 spiro atoms. The molecule has 12 heteroatoms. The number of hydrogen-bond acceptors (Lipinski definition) is 8. The van der Waals surface area contributed by atoms with Crippen molar-refractivity contribution in [3.63, 3.8) is 0 Å². The van der Waals surface area contributed by atoms with Crippen molar-refractivity contribution < 1.29 is 27.4 Å². The number of nitrogens with zero attached hydrogens (tertiary/aromatic N) is 3. The predicted octanol–water partition coefficient (Wildman–Crippen LogP) is 5.96. The monoisotopic (exact) mass is 603 g/mol. The molecule has 1 aromatic heterocycles. The SMILES string of the molecule is CCCOC(=O)C1CC2(CCN(c3cc(O[C@H](c4ccc(Cl)cc4-c4ccccc4)C(F)(F)F)nc(N)n3)CC2)CN1. The Morgan fingerprint density at radius 2 is 1.90 bits per heavy atom. The molecule has 2 atom stereocenters. The molecule has 3 aromatic rings. The zero-order valence-corrected chi connectivity index (χ0v) is 23.9. The summed E-state index contributed by atoms with van der Waals surface area (Å²) in [5.74, 6) is -0.311. The number of aromatic nitrogens is 2. The Bertz CT molecular complexity index is 1400. The van der Waals surface area contributed by atoms with Gasteiger partial charge in [0.1, 0.15) is 11.9 Å². The maximum atomic E-state index is 14.5. The molecule has 3 heterocycles. The second kappa shape index (κ2) is 12.3. The summed E-state index contributed by atoms with van der Waals surface area (Å²) in [4.78, 5) is 22.6. The number of benzene rings is 2. The second-order valence-electron chi connectivity index (χ2n) is 10.9. The van der Waals surface area contributed by atoms with Crippen LogP contribution < -0.4 is 20.7 Å². The number of nitrogens with one attached hydrogen (secondary N) is 1. The molecule has 2 saturated heterocycles. The third kappa shape index (κ3) is 6.73. The van der Waals surface area contributed by atoms with Gasteiger partial charge in [0, 0.05) is 36.3 Å². The van der Waals surface area contributed by atoms with E-state index in [2.05, 4.69) is 15.3 Å². The summed E-state index contributed by atoms with van der Waals surface area (Å²) in [5.41, 5.74) is 6.66. The second-order valence-corrected chi connectivity index (χ2v) is 11.3. The Hall–Kier alpha value is -3.57. The maximum Gasteiger partial charge on any atom is 0.429 e. The average Bonchev–Trinajstić information content (AvgIpc) is 3.38. The molecule has 2 aliphatic heterocycles. The lowest BCUT2D eigenvalue weighted by molar-refractivity contribution is -0.198. The summed E-state index contributed by atoms with van der Waals surface area (Å²) in [7, 11) is 0. The van der Waals surface area contributed by atoms with Gasteiger partial charge in [0.25, 0.3) is 0 Å². The number of ether oxygens (including phenoxy) is 2. The van der Waals surface area contributed by atoms with Crippen LogP contribution in [0.2, 0.25) is 5.02 Å². The number of alkyl halides is 3. The molecule has 42 heavy (non-hydrogen) atoms. The van der Waals surface area contributed by atoms with E-state index >= 15 is 0 Å². The van der Waals surface area contributed by atoms with Crippen LogP contribution in [0.5, 0.6) is 5.88 Å². The van der Waals surface area contributed by atoms with Crippen LogP contribution in [0.1, 0.15) is 44.3 Å². The molecule has 3 N–H and O–H groups in total. The summed E-state index contributed by atoms with van der Waals surface area (Å²) < 4.78 is 54.3. The number of piperidine rings is 1. The van der Waals surface area contributed by atoms with Gasteiger partial charge >= 0.3 is 12.1 Å². The minimum Gasteiger partial charge on any atom is -0.465 e. The number of nitrogens with two attached hydrogens (primary N) is 1. The van der Waals surface area contributed by atoms with Crippen LogP contribution in [-0.4, -0.2) is 54.4 Å². The minimum atomic E-state index is -4.76. The van der Waals surface area contributed by atoms with Gasteiger partial charge in [0.2, 0.25) is 17.9 Å². The standard InChI is InChI=1S/C30H33ClF3N5O3/c1-2-14-41-27(40)23-17-29(18-36-23)10-12-39(13-11-29)24-16-25(38-28(35)37-24)42-26(30(32,33)34)21-9-8-20(31)15-22(21)19-6-4-3-5-7-19/h3-9,15-16,23,26,36H,2,10-14,17-18H2,1H3,(H2,35,37,38)/t23?,26-/m1/s1. The van der Waals surface area contributed by atoms with Crippen molar-refractivity contribution in [2.45, 2.75) is 50.9 Å². The summed E-state index contributed by atoms with van der Waals surface area (Å²) in [5, 5.41) is 3.60. The van der Waals surface area contributed by atoms with Crippen LogP contribution in [0.15, 0.2) is 54.6 Å². The van der Waals surface area contributed by atoms with E-state index < -0.39 is 12.3 Å². The van der Waals surface area contributed by atoms with E-state index in [0.717, 1.165) is 19.3 Å². The Morgan fingerprint density at radius 1 is 1.17 bits per heavy atom. The van der Waals surface area contributed by atoms with Crippen molar-refractivity contribution in [3.05, 3.63) is 65.2 Å². The van der Waals surface area contributed by atoms with Gasteiger partial charge in [0.05, 0.1) is 6.61 Å². The van der Waals surface area contributed by atoms with Gasteiger partial charge in [-0.05, 0) is 54.4 Å². The highest BCUT2D eigenvalue weighted by molar-refractivity contribution is 6.30. The molecule has 2 aliphatic rings. The quantitative estimate of drug-likeness (QED) is 0.304. The first-order valence-corrected chi connectivity index (χ1v) is 14.3. The van der Waals surface area contributed by atoms with E-state index in [9.17, 15) is 18.0 Å². The van der Waals surface area contributed by atoms with Crippen LogP contribution in [-0.2, 0) is 9.53 Å². The number of rotatable bonds is 8. The average molecular weight is 604 g/mol. The van der Waals surface area contributed by atoms with E-state index in [0.29, 0.717) is 54.6 Å². The van der Waals surface area contributed by atoms with Crippen molar-refractivity contribution in [1.82, 2.24) is 15.3 Å². The molecule has 0 bridgehead atoms. The normalized spacial score (nSPS) is 19.1. The topological polar surface area (TPSA) is 103 Å². The van der Waals surface area contributed by atoms with E-state index in [1.165, 1.54) is 24.3 Å². The summed E-state index contributed by atoms with van der Waals surface area (Å²) in [6.07, 6.45) is -4.10. The minimum absolute atomic E-state index is 0.0614. The van der Waals surface area contributed by atoms with Gasteiger partial charge < -0.3 is 25.4 Å². The molecule has 8 nitrogen and oxygen atoms in total. The number of nitrogen functional groups attached to an aromatic ring is 1.